The van der Waals surface area contributed by atoms with E-state index >= 15 is 0 Å². The zero-order valence-electron chi connectivity index (χ0n) is 19.9. The van der Waals surface area contributed by atoms with Gasteiger partial charge in [-0.25, -0.2) is 4.79 Å². The number of benzene rings is 2. The molecule has 2 amide bonds. The van der Waals surface area contributed by atoms with Crippen LogP contribution in [0.2, 0.25) is 0 Å². The summed E-state index contributed by atoms with van der Waals surface area (Å²) in [6, 6.07) is 16.3. The monoisotopic (exact) mass is 464 g/mol. The highest BCUT2D eigenvalue weighted by atomic mass is 16.5. The van der Waals surface area contributed by atoms with Gasteiger partial charge in [-0.2, -0.15) is 0 Å². The molecule has 0 unspecified atom stereocenters. The third-order valence-electron chi connectivity index (χ3n) is 6.40. The highest BCUT2D eigenvalue weighted by molar-refractivity contribution is 5.85. The molecule has 0 saturated heterocycles. The molecule has 2 aromatic carbocycles. The number of alkyl carbamates (subject to hydrolysis) is 1. The summed E-state index contributed by atoms with van der Waals surface area (Å²) >= 11 is 0. The van der Waals surface area contributed by atoms with Crippen LogP contribution in [0.25, 0.3) is 11.1 Å². The van der Waals surface area contributed by atoms with E-state index in [1.807, 2.05) is 45.0 Å². The predicted octanol–water partition coefficient (Wildman–Crippen LogP) is 4.12. The molecule has 0 aromatic heterocycles. The minimum Gasteiger partial charge on any atom is -0.480 e. The number of aliphatic carboxylic acids is 1. The zero-order valence-corrected chi connectivity index (χ0v) is 19.9. The Balaban J connectivity index is 1.28. The zero-order chi connectivity index (χ0) is 24.5. The maximum atomic E-state index is 12.8. The fourth-order valence-corrected chi connectivity index (χ4v) is 4.82. The van der Waals surface area contributed by atoms with Gasteiger partial charge in [-0.3, -0.25) is 9.59 Å². The molecule has 2 aliphatic rings. The fourth-order valence-electron chi connectivity index (χ4n) is 4.82. The highest BCUT2D eigenvalue weighted by Gasteiger charge is 2.45. The lowest BCUT2D eigenvalue weighted by molar-refractivity contribution is -0.146. The Morgan fingerprint density at radius 1 is 1.03 bits per heavy atom. The number of fused-ring (bicyclic) bond motifs is 3. The van der Waals surface area contributed by atoms with E-state index in [-0.39, 0.29) is 42.2 Å². The Labute approximate surface area is 200 Å². The van der Waals surface area contributed by atoms with E-state index < -0.39 is 12.1 Å². The van der Waals surface area contributed by atoms with E-state index in [0.717, 1.165) is 11.1 Å². The molecule has 1 saturated carbocycles. The van der Waals surface area contributed by atoms with Gasteiger partial charge in [-0.15, -0.1) is 0 Å². The van der Waals surface area contributed by atoms with Crippen molar-refractivity contribution in [2.45, 2.75) is 33.1 Å². The van der Waals surface area contributed by atoms with E-state index in [0.29, 0.717) is 19.5 Å². The van der Waals surface area contributed by atoms with Gasteiger partial charge in [-0.1, -0.05) is 69.3 Å². The Hall–Kier alpha value is -3.35. The van der Waals surface area contributed by atoms with E-state index in [2.05, 4.69) is 29.6 Å². The van der Waals surface area contributed by atoms with Crippen molar-refractivity contribution in [3.63, 3.8) is 0 Å². The molecule has 7 heteroatoms. The standard InChI is InChI=1S/C27H32N2O5/c1-27(2,3)16-29(14-24(30)31)25(32)22-12-17(22)13-28-26(33)34-15-23-20-10-6-4-8-18(20)19-9-5-7-11-21(19)23/h4-11,17,22-23H,12-16H2,1-3H3,(H,28,33)(H,30,31)/t17-,22-/m0/s1. The molecule has 0 spiro atoms. The third kappa shape index (κ3) is 5.41. The summed E-state index contributed by atoms with van der Waals surface area (Å²) in [4.78, 5) is 37.8. The van der Waals surface area contributed by atoms with Crippen LogP contribution in [0.15, 0.2) is 48.5 Å². The van der Waals surface area contributed by atoms with Gasteiger partial charge in [-0.05, 0) is 40.0 Å². The van der Waals surface area contributed by atoms with Crippen molar-refractivity contribution in [2.75, 3.05) is 26.2 Å². The van der Waals surface area contributed by atoms with Crippen LogP contribution < -0.4 is 5.32 Å². The first-order valence-corrected chi connectivity index (χ1v) is 11.7. The van der Waals surface area contributed by atoms with Gasteiger partial charge >= 0.3 is 12.1 Å². The van der Waals surface area contributed by atoms with Crippen molar-refractivity contribution < 1.29 is 24.2 Å². The van der Waals surface area contributed by atoms with Gasteiger partial charge in [0.05, 0.1) is 0 Å². The number of carboxylic acids is 1. The van der Waals surface area contributed by atoms with Crippen molar-refractivity contribution in [1.82, 2.24) is 10.2 Å². The van der Waals surface area contributed by atoms with Crippen LogP contribution in [0.1, 0.15) is 44.2 Å². The molecule has 7 nitrogen and oxygen atoms in total. The van der Waals surface area contributed by atoms with Crippen LogP contribution in [0.5, 0.6) is 0 Å². The van der Waals surface area contributed by atoms with Gasteiger partial charge in [0.1, 0.15) is 13.2 Å². The third-order valence-corrected chi connectivity index (χ3v) is 6.40. The number of hydrogen-bond acceptors (Lipinski definition) is 4. The number of rotatable bonds is 8. The molecule has 2 aliphatic carbocycles. The minimum absolute atomic E-state index is 0.00393. The summed E-state index contributed by atoms with van der Waals surface area (Å²) in [6.07, 6.45) is 0.139. The van der Waals surface area contributed by atoms with E-state index in [4.69, 9.17) is 4.74 Å². The molecular formula is C27H32N2O5. The second-order valence-corrected chi connectivity index (χ2v) is 10.5. The van der Waals surface area contributed by atoms with Gasteiger partial charge in [0.2, 0.25) is 5.91 Å². The first kappa shape index (κ1) is 23.8. The summed E-state index contributed by atoms with van der Waals surface area (Å²) in [5.74, 6) is -1.43. The first-order chi connectivity index (χ1) is 16.1. The predicted molar refractivity (Wildman–Crippen MR) is 128 cm³/mol. The lowest BCUT2D eigenvalue weighted by Crippen LogP contribution is -2.42. The summed E-state index contributed by atoms with van der Waals surface area (Å²) in [6.45, 7) is 6.56. The molecule has 34 heavy (non-hydrogen) atoms. The topological polar surface area (TPSA) is 95.9 Å². The Kier molecular flexibility index (Phi) is 6.64. The average molecular weight is 465 g/mol. The molecule has 0 aliphatic heterocycles. The summed E-state index contributed by atoms with van der Waals surface area (Å²) in [7, 11) is 0. The van der Waals surface area contributed by atoms with Crippen LogP contribution in [-0.4, -0.2) is 54.2 Å². The minimum atomic E-state index is -1.02. The molecule has 0 radical (unpaired) electrons. The quantitative estimate of drug-likeness (QED) is 0.613. The lowest BCUT2D eigenvalue weighted by atomic mass is 9.95. The lowest BCUT2D eigenvalue weighted by Gasteiger charge is -2.29. The van der Waals surface area contributed by atoms with Crippen molar-refractivity contribution in [3.8, 4) is 11.1 Å². The maximum Gasteiger partial charge on any atom is 0.407 e. The van der Waals surface area contributed by atoms with Crippen molar-refractivity contribution in [1.29, 1.82) is 0 Å². The first-order valence-electron chi connectivity index (χ1n) is 11.7. The van der Waals surface area contributed by atoms with Crippen LogP contribution in [0.3, 0.4) is 0 Å². The smallest absolute Gasteiger partial charge is 0.407 e. The van der Waals surface area contributed by atoms with Gasteiger partial charge in [0.15, 0.2) is 0 Å². The number of amides is 2. The number of carbonyl (C=O) groups excluding carboxylic acids is 2. The molecule has 0 heterocycles. The number of ether oxygens (including phenoxy) is 1. The van der Waals surface area contributed by atoms with Gasteiger partial charge in [0.25, 0.3) is 0 Å². The van der Waals surface area contributed by atoms with Crippen LogP contribution >= 0.6 is 0 Å². The summed E-state index contributed by atoms with van der Waals surface area (Å²) in [5.41, 5.74) is 4.46. The molecule has 4 rings (SSSR count). The molecule has 2 N–H and O–H groups in total. The number of carbonyl (C=O) groups is 3. The second-order valence-electron chi connectivity index (χ2n) is 10.5. The van der Waals surface area contributed by atoms with Crippen molar-refractivity contribution in [3.05, 3.63) is 59.7 Å². The molecule has 180 valence electrons. The summed E-state index contributed by atoms with van der Waals surface area (Å²) < 4.78 is 5.56. The number of nitrogens with zero attached hydrogens (tertiary/aromatic N) is 1. The normalized spacial score (nSPS) is 18.6. The SMILES string of the molecule is CC(C)(C)CN(CC(=O)O)C(=O)[C@H]1C[C@H]1CNC(=O)OCC1c2ccccc2-c2ccccc21. The van der Waals surface area contributed by atoms with Crippen LogP contribution in [0.4, 0.5) is 4.79 Å². The maximum absolute atomic E-state index is 12.8. The summed E-state index contributed by atoms with van der Waals surface area (Å²) in [5, 5.41) is 12.0. The average Bonchev–Trinajstić information content (AvgIpc) is 3.49. The van der Waals surface area contributed by atoms with Crippen LogP contribution in [0, 0.1) is 17.3 Å². The van der Waals surface area contributed by atoms with Crippen molar-refractivity contribution >= 4 is 18.0 Å². The van der Waals surface area contributed by atoms with E-state index in [9.17, 15) is 19.5 Å². The van der Waals surface area contributed by atoms with Gasteiger partial charge in [0, 0.05) is 24.9 Å². The number of nitrogens with one attached hydrogen (secondary N) is 1. The van der Waals surface area contributed by atoms with E-state index in [1.165, 1.54) is 16.0 Å². The molecule has 0 bridgehead atoms. The Bertz CT molecular complexity index is 1040. The Morgan fingerprint density at radius 2 is 1.62 bits per heavy atom. The van der Waals surface area contributed by atoms with E-state index in [1.54, 1.807) is 0 Å². The molecule has 2 aromatic rings. The van der Waals surface area contributed by atoms with Gasteiger partial charge < -0.3 is 20.1 Å². The largest absolute Gasteiger partial charge is 0.480 e. The second kappa shape index (κ2) is 9.49. The molecule has 1 fully saturated rings. The molecule has 2 atom stereocenters. The van der Waals surface area contributed by atoms with Crippen molar-refractivity contribution in [2.24, 2.45) is 17.3 Å². The molecular weight excluding hydrogens is 432 g/mol. The number of hydrogen-bond donors (Lipinski definition) is 2. The number of carboxylic acid groups (broad SMARTS) is 1. The Morgan fingerprint density at radius 3 is 2.18 bits per heavy atom. The fraction of sp³-hybridized carbons (Fsp3) is 0.444. The van der Waals surface area contributed by atoms with Crippen LogP contribution in [-0.2, 0) is 14.3 Å². The highest BCUT2D eigenvalue weighted by Crippen LogP contribution is 2.44.